The number of thiazole rings is 1. The van der Waals surface area contributed by atoms with Crippen molar-refractivity contribution in [2.45, 2.75) is 6.42 Å². The molecule has 0 spiro atoms. The Bertz CT molecular complexity index is 622. The number of ether oxygens (including phenoxy) is 1. The van der Waals surface area contributed by atoms with Gasteiger partial charge >= 0.3 is 5.97 Å². The van der Waals surface area contributed by atoms with Crippen LogP contribution in [0.2, 0.25) is 0 Å². The number of benzene rings is 1. The molecule has 0 saturated carbocycles. The zero-order valence-electron chi connectivity index (χ0n) is 10.6. The number of hydrogen-bond donors (Lipinski definition) is 2. The van der Waals surface area contributed by atoms with Gasteiger partial charge < -0.3 is 15.2 Å². The third kappa shape index (κ3) is 3.55. The highest BCUT2D eigenvalue weighted by Gasteiger charge is 2.11. The summed E-state index contributed by atoms with van der Waals surface area (Å²) in [6, 6.07) is 6.92. The van der Waals surface area contributed by atoms with Crippen LogP contribution in [-0.2, 0) is 11.2 Å². The zero-order chi connectivity index (χ0) is 14.5. The van der Waals surface area contributed by atoms with Crippen molar-refractivity contribution in [2.75, 3.05) is 12.4 Å². The topological polar surface area (TPSA) is 88.5 Å². The van der Waals surface area contributed by atoms with Crippen LogP contribution >= 0.6 is 11.3 Å². The highest BCUT2D eigenvalue weighted by molar-refractivity contribution is 7.09. The van der Waals surface area contributed by atoms with Crippen LogP contribution < -0.4 is 10.1 Å². The number of carboxylic acids is 1. The molecule has 1 aromatic carbocycles. The van der Waals surface area contributed by atoms with Crippen LogP contribution in [0.25, 0.3) is 0 Å². The smallest absolute Gasteiger partial charge is 0.355 e. The molecule has 1 heterocycles. The van der Waals surface area contributed by atoms with E-state index in [-0.39, 0.29) is 18.0 Å². The fourth-order valence-corrected chi connectivity index (χ4v) is 2.27. The molecule has 104 valence electrons. The third-order valence-electron chi connectivity index (χ3n) is 2.46. The van der Waals surface area contributed by atoms with E-state index >= 15 is 0 Å². The van der Waals surface area contributed by atoms with Gasteiger partial charge in [0.15, 0.2) is 5.69 Å². The van der Waals surface area contributed by atoms with Crippen molar-refractivity contribution in [3.8, 4) is 5.75 Å². The molecule has 0 saturated heterocycles. The van der Waals surface area contributed by atoms with Crippen molar-refractivity contribution in [3.05, 3.63) is 40.3 Å². The molecule has 0 fully saturated rings. The van der Waals surface area contributed by atoms with Gasteiger partial charge in [0.05, 0.1) is 13.5 Å². The molecule has 6 nitrogen and oxygen atoms in total. The monoisotopic (exact) mass is 292 g/mol. The Labute approximate surface area is 119 Å². The maximum atomic E-state index is 11.8. The molecule has 0 atom stereocenters. The van der Waals surface area contributed by atoms with Gasteiger partial charge in [0.25, 0.3) is 0 Å². The second-order valence-corrected chi connectivity index (χ2v) is 4.83. The number of carbonyl (C=O) groups excluding carboxylic acids is 1. The number of amides is 1. The second kappa shape index (κ2) is 6.16. The van der Waals surface area contributed by atoms with E-state index in [1.165, 1.54) is 5.38 Å². The SMILES string of the molecule is COc1ccc(NC(=O)Cc2nc(C(=O)O)cs2)cc1. The maximum absolute atomic E-state index is 11.8. The molecular formula is C13H12N2O4S. The highest BCUT2D eigenvalue weighted by atomic mass is 32.1. The van der Waals surface area contributed by atoms with Gasteiger partial charge in [-0.2, -0.15) is 0 Å². The number of aromatic nitrogens is 1. The minimum atomic E-state index is -1.09. The average molecular weight is 292 g/mol. The number of carbonyl (C=O) groups is 2. The van der Waals surface area contributed by atoms with Crippen LogP contribution in [0.5, 0.6) is 5.75 Å². The molecule has 1 amide bonds. The molecule has 2 N–H and O–H groups in total. The van der Waals surface area contributed by atoms with Gasteiger partial charge in [-0.3, -0.25) is 4.79 Å². The van der Waals surface area contributed by atoms with Crippen LogP contribution in [0.3, 0.4) is 0 Å². The standard InChI is InChI=1S/C13H12N2O4S/c1-19-9-4-2-8(3-5-9)14-11(16)6-12-15-10(7-20-12)13(17)18/h2-5,7H,6H2,1H3,(H,14,16)(H,17,18). The predicted octanol–water partition coefficient (Wildman–Crippen LogP) is 2.03. The van der Waals surface area contributed by atoms with Crippen molar-refractivity contribution >= 4 is 28.9 Å². The summed E-state index contributed by atoms with van der Waals surface area (Å²) in [7, 11) is 1.57. The lowest BCUT2D eigenvalue weighted by atomic mass is 10.3. The summed E-state index contributed by atoms with van der Waals surface area (Å²) in [5.41, 5.74) is 0.605. The molecule has 0 radical (unpaired) electrons. The lowest BCUT2D eigenvalue weighted by Crippen LogP contribution is -2.14. The molecule has 0 aliphatic carbocycles. The molecule has 2 rings (SSSR count). The first kappa shape index (κ1) is 14.0. The van der Waals surface area contributed by atoms with Crippen molar-refractivity contribution in [2.24, 2.45) is 0 Å². The second-order valence-electron chi connectivity index (χ2n) is 3.89. The summed E-state index contributed by atoms with van der Waals surface area (Å²) in [6.07, 6.45) is 0.0456. The van der Waals surface area contributed by atoms with E-state index in [4.69, 9.17) is 9.84 Å². The minimum Gasteiger partial charge on any atom is -0.497 e. The normalized spacial score (nSPS) is 10.1. The van der Waals surface area contributed by atoms with Crippen LogP contribution in [-0.4, -0.2) is 29.1 Å². The molecular weight excluding hydrogens is 280 g/mol. The fraction of sp³-hybridized carbons (Fsp3) is 0.154. The van der Waals surface area contributed by atoms with Gasteiger partial charge in [-0.1, -0.05) is 0 Å². The summed E-state index contributed by atoms with van der Waals surface area (Å²) >= 11 is 1.15. The Kier molecular flexibility index (Phi) is 4.31. The quantitative estimate of drug-likeness (QED) is 0.880. The van der Waals surface area contributed by atoms with Crippen molar-refractivity contribution in [1.29, 1.82) is 0 Å². The first-order valence-corrected chi connectivity index (χ1v) is 6.58. The first-order valence-electron chi connectivity index (χ1n) is 5.70. The first-order chi connectivity index (χ1) is 9.58. The Hall–Kier alpha value is -2.41. The number of nitrogens with one attached hydrogen (secondary N) is 1. The lowest BCUT2D eigenvalue weighted by Gasteiger charge is -2.05. The number of aromatic carboxylic acids is 1. The van der Waals surface area contributed by atoms with Crippen molar-refractivity contribution in [1.82, 2.24) is 4.98 Å². The van der Waals surface area contributed by atoms with Gasteiger partial charge in [-0.25, -0.2) is 9.78 Å². The fourth-order valence-electron chi connectivity index (χ4n) is 1.51. The van der Waals surface area contributed by atoms with Gasteiger partial charge in [-0.05, 0) is 24.3 Å². The molecule has 20 heavy (non-hydrogen) atoms. The minimum absolute atomic E-state index is 0.0396. The summed E-state index contributed by atoms with van der Waals surface area (Å²) in [5.74, 6) is -0.640. The molecule has 1 aromatic heterocycles. The Balaban J connectivity index is 1.95. The Morgan fingerprint density at radius 3 is 2.60 bits per heavy atom. The predicted molar refractivity (Wildman–Crippen MR) is 74.4 cm³/mol. The summed E-state index contributed by atoms with van der Waals surface area (Å²) < 4.78 is 5.02. The van der Waals surface area contributed by atoms with Crippen LogP contribution in [0, 0.1) is 0 Å². The van der Waals surface area contributed by atoms with Gasteiger partial charge in [0.2, 0.25) is 5.91 Å². The number of hydrogen-bond acceptors (Lipinski definition) is 5. The zero-order valence-corrected chi connectivity index (χ0v) is 11.4. The van der Waals surface area contributed by atoms with E-state index < -0.39 is 5.97 Å². The van der Waals surface area contributed by atoms with Gasteiger partial charge in [0.1, 0.15) is 10.8 Å². The average Bonchev–Trinajstić information content (AvgIpc) is 2.88. The maximum Gasteiger partial charge on any atom is 0.355 e. The van der Waals surface area contributed by atoms with E-state index in [0.29, 0.717) is 16.4 Å². The number of nitrogens with zero attached hydrogens (tertiary/aromatic N) is 1. The molecule has 0 unspecified atom stereocenters. The van der Waals surface area contributed by atoms with Crippen LogP contribution in [0.4, 0.5) is 5.69 Å². The van der Waals surface area contributed by atoms with Gasteiger partial charge in [-0.15, -0.1) is 11.3 Å². The van der Waals surface area contributed by atoms with E-state index in [0.717, 1.165) is 11.3 Å². The summed E-state index contributed by atoms with van der Waals surface area (Å²) in [5, 5.41) is 13.3. The number of methoxy groups -OCH3 is 1. The summed E-state index contributed by atoms with van der Waals surface area (Å²) in [6.45, 7) is 0. The number of rotatable bonds is 5. The largest absolute Gasteiger partial charge is 0.497 e. The molecule has 7 heteroatoms. The lowest BCUT2D eigenvalue weighted by molar-refractivity contribution is -0.115. The van der Waals surface area contributed by atoms with E-state index in [9.17, 15) is 9.59 Å². The molecule has 0 aliphatic rings. The Morgan fingerprint density at radius 2 is 2.05 bits per heavy atom. The number of carboxylic acid groups (broad SMARTS) is 1. The molecule has 0 bridgehead atoms. The van der Waals surface area contributed by atoms with E-state index in [1.807, 2.05) is 0 Å². The molecule has 0 aliphatic heterocycles. The van der Waals surface area contributed by atoms with E-state index in [2.05, 4.69) is 10.3 Å². The summed E-state index contributed by atoms with van der Waals surface area (Å²) in [4.78, 5) is 26.3. The van der Waals surface area contributed by atoms with E-state index in [1.54, 1.807) is 31.4 Å². The van der Waals surface area contributed by atoms with Crippen LogP contribution in [0.1, 0.15) is 15.5 Å². The highest BCUT2D eigenvalue weighted by Crippen LogP contribution is 2.16. The third-order valence-corrected chi connectivity index (χ3v) is 3.31. The van der Waals surface area contributed by atoms with Crippen LogP contribution in [0.15, 0.2) is 29.6 Å². The van der Waals surface area contributed by atoms with Crippen molar-refractivity contribution < 1.29 is 19.4 Å². The van der Waals surface area contributed by atoms with Crippen molar-refractivity contribution in [3.63, 3.8) is 0 Å². The van der Waals surface area contributed by atoms with Gasteiger partial charge in [0, 0.05) is 11.1 Å². The Morgan fingerprint density at radius 1 is 1.35 bits per heavy atom. The molecule has 2 aromatic rings. The number of anilines is 1.